The van der Waals surface area contributed by atoms with Crippen molar-refractivity contribution < 1.29 is 14.4 Å². The van der Waals surface area contributed by atoms with Gasteiger partial charge in [-0.1, -0.05) is 0 Å². The van der Waals surface area contributed by atoms with Crippen molar-refractivity contribution in [1.29, 1.82) is 5.26 Å². The highest BCUT2D eigenvalue weighted by Crippen LogP contribution is 2.41. The molecule has 0 amide bonds. The number of aryl methyl sites for hydroxylation is 1. The number of nitriles is 1. The van der Waals surface area contributed by atoms with Crippen LogP contribution < -0.4 is 14.6 Å². The van der Waals surface area contributed by atoms with Crippen molar-refractivity contribution >= 4 is 5.69 Å². The van der Waals surface area contributed by atoms with Crippen LogP contribution in [0.15, 0.2) is 36.7 Å². The molecule has 0 fully saturated rings. The van der Waals surface area contributed by atoms with Crippen molar-refractivity contribution in [2.24, 2.45) is 7.05 Å². The first kappa shape index (κ1) is 16.0. The lowest BCUT2D eigenvalue weighted by Crippen LogP contribution is -2.53. The number of rotatable bonds is 2. The number of aromatic nitrogens is 2. The van der Waals surface area contributed by atoms with E-state index in [2.05, 4.69) is 11.4 Å². The summed E-state index contributed by atoms with van der Waals surface area (Å²) in [5, 5.41) is 23.1. The van der Waals surface area contributed by atoms with Crippen LogP contribution in [-0.4, -0.2) is 21.4 Å². The van der Waals surface area contributed by atoms with Gasteiger partial charge in [0.1, 0.15) is 23.1 Å². The minimum atomic E-state index is -0.883. The number of aliphatic hydroxyl groups excluding tert-OH is 1. The lowest BCUT2D eigenvalue weighted by atomic mass is 9.85. The number of nitrogens with zero attached hydrogens (tertiary/aromatic N) is 3. The van der Waals surface area contributed by atoms with Crippen LogP contribution in [0, 0.1) is 16.2 Å². The number of nitrogens with one attached hydrogen (secondary N) is 1. The van der Waals surface area contributed by atoms with Gasteiger partial charge in [0.05, 0.1) is 35.8 Å². The lowest BCUT2D eigenvalue weighted by molar-refractivity contribution is -0.594. The third-order valence-corrected chi connectivity index (χ3v) is 4.25. The smallest absolute Gasteiger partial charge is 0.280 e. The normalized spacial score (nSPS) is 21.3. The maximum absolute atomic E-state index is 11.7. The monoisotopic (exact) mass is 327 g/mol. The van der Waals surface area contributed by atoms with Crippen molar-refractivity contribution in [2.45, 2.75) is 31.6 Å². The fraction of sp³-hybridized carbons (Fsp3) is 0.353. The predicted octanol–water partition coefficient (Wildman–Crippen LogP) is 1.50. The summed E-state index contributed by atoms with van der Waals surface area (Å²) in [6.07, 6.45) is 2.13. The second-order valence-corrected chi connectivity index (χ2v) is 6.41. The molecule has 0 bridgehead atoms. The number of aliphatic hydroxyl groups is 1. The van der Waals surface area contributed by atoms with Crippen LogP contribution in [-0.2, 0) is 7.05 Å². The van der Waals surface area contributed by atoms with Crippen LogP contribution >= 0.6 is 0 Å². The molecule has 0 aliphatic carbocycles. The molecule has 0 radical (unpaired) electrons. The summed E-state index contributed by atoms with van der Waals surface area (Å²) >= 11 is 0. The molecule has 1 aliphatic rings. The van der Waals surface area contributed by atoms with E-state index in [1.807, 2.05) is 13.8 Å². The topological polar surface area (TPSA) is 93.2 Å². The molecule has 2 atom stereocenters. The summed E-state index contributed by atoms with van der Waals surface area (Å²) in [6.45, 7) is 3.73. The fourth-order valence-corrected chi connectivity index (χ4v) is 2.87. The van der Waals surface area contributed by atoms with Crippen molar-refractivity contribution in [2.75, 3.05) is 5.32 Å². The molecule has 3 rings (SSSR count). The molecule has 24 heavy (non-hydrogen) atoms. The molecule has 1 aromatic heterocycles. The summed E-state index contributed by atoms with van der Waals surface area (Å²) in [4.78, 5) is 11.7. The molecule has 0 saturated carbocycles. The average molecular weight is 327 g/mol. The molecular weight excluding hydrogens is 308 g/mol. The van der Waals surface area contributed by atoms with Crippen LogP contribution in [0.4, 0.5) is 5.69 Å². The Labute approximate surface area is 139 Å². The first-order valence-corrected chi connectivity index (χ1v) is 7.58. The average Bonchev–Trinajstić information content (AvgIpc) is 2.54. The minimum Gasteiger partial charge on any atom is -0.485 e. The molecule has 2 aromatic rings. The van der Waals surface area contributed by atoms with E-state index in [-0.39, 0.29) is 0 Å². The van der Waals surface area contributed by atoms with Gasteiger partial charge in [-0.05, 0) is 38.1 Å². The van der Waals surface area contributed by atoms with Gasteiger partial charge >= 0.3 is 0 Å². The van der Waals surface area contributed by atoms with E-state index in [9.17, 15) is 10.0 Å². The molecule has 124 valence electrons. The number of fused-ring (bicyclic) bond motifs is 1. The third kappa shape index (κ3) is 2.72. The van der Waals surface area contributed by atoms with Gasteiger partial charge in [0.2, 0.25) is 0 Å². The van der Waals surface area contributed by atoms with Gasteiger partial charge < -0.3 is 15.2 Å². The van der Waals surface area contributed by atoms with Gasteiger partial charge in [-0.25, -0.2) is 0 Å². The molecule has 1 aromatic carbocycles. The molecule has 2 heterocycles. The van der Waals surface area contributed by atoms with Crippen LogP contribution in [0.2, 0.25) is 0 Å². The zero-order valence-electron chi connectivity index (χ0n) is 13.7. The number of ether oxygens (including phenoxy) is 1. The highest BCUT2D eigenvalue weighted by Gasteiger charge is 2.43. The summed E-state index contributed by atoms with van der Waals surface area (Å²) in [6, 6.07) is 8.30. The molecule has 7 heteroatoms. The Kier molecular flexibility index (Phi) is 3.78. The Morgan fingerprint density at radius 2 is 2.17 bits per heavy atom. The Morgan fingerprint density at radius 3 is 2.83 bits per heavy atom. The third-order valence-electron chi connectivity index (χ3n) is 4.25. The Morgan fingerprint density at radius 1 is 1.42 bits per heavy atom. The summed E-state index contributed by atoms with van der Waals surface area (Å²) < 4.78 is 8.08. The second-order valence-electron chi connectivity index (χ2n) is 6.41. The quantitative estimate of drug-likeness (QED) is 0.815. The van der Waals surface area contributed by atoms with Gasteiger partial charge in [-0.2, -0.15) is 5.26 Å². The van der Waals surface area contributed by atoms with E-state index >= 15 is 0 Å². The van der Waals surface area contributed by atoms with E-state index in [4.69, 9.17) is 10.00 Å². The van der Waals surface area contributed by atoms with Crippen LogP contribution in [0.1, 0.15) is 31.1 Å². The number of hydrogen-bond donors (Lipinski definition) is 2. The molecule has 0 spiro atoms. The molecule has 1 aliphatic heterocycles. The number of benzene rings is 1. The molecule has 2 N–H and O–H groups in total. The Hall–Kier alpha value is -2.85. The fourth-order valence-electron chi connectivity index (χ4n) is 2.87. The van der Waals surface area contributed by atoms with E-state index < -0.39 is 17.7 Å². The van der Waals surface area contributed by atoms with Crippen molar-refractivity contribution in [3.05, 3.63) is 52.7 Å². The highest BCUT2D eigenvalue weighted by atomic mass is 16.5. The molecule has 0 unspecified atom stereocenters. The number of anilines is 1. The summed E-state index contributed by atoms with van der Waals surface area (Å²) in [7, 11) is 1.64. The van der Waals surface area contributed by atoms with E-state index in [1.165, 1.54) is 10.9 Å². The van der Waals surface area contributed by atoms with E-state index in [0.29, 0.717) is 27.1 Å². The maximum Gasteiger partial charge on any atom is 0.280 e. The van der Waals surface area contributed by atoms with Crippen molar-refractivity contribution in [3.8, 4) is 11.8 Å². The second kappa shape index (κ2) is 5.65. The van der Waals surface area contributed by atoms with Gasteiger partial charge in [-0.15, -0.1) is 4.68 Å². The Bertz CT molecular complexity index is 882. The van der Waals surface area contributed by atoms with Crippen molar-refractivity contribution in [1.82, 2.24) is 4.68 Å². The van der Waals surface area contributed by atoms with Gasteiger partial charge in [0.15, 0.2) is 4.54 Å². The van der Waals surface area contributed by atoms with Crippen molar-refractivity contribution in [3.63, 3.8) is 0 Å². The predicted molar refractivity (Wildman–Crippen MR) is 87.0 cm³/mol. The van der Waals surface area contributed by atoms with E-state index in [0.717, 1.165) is 0 Å². The van der Waals surface area contributed by atoms with Crippen LogP contribution in [0.5, 0.6) is 5.75 Å². The lowest BCUT2D eigenvalue weighted by Gasteiger charge is -2.43. The number of hydrogen-bond acceptors (Lipinski definition) is 5. The highest BCUT2D eigenvalue weighted by molar-refractivity contribution is 5.49. The summed E-state index contributed by atoms with van der Waals surface area (Å²) in [5.74, 6) is 0.558. The Balaban J connectivity index is 1.98. The molecule has 0 saturated heterocycles. The van der Waals surface area contributed by atoms with Gasteiger partial charge in [0.25, 0.3) is 6.20 Å². The largest absolute Gasteiger partial charge is 0.485 e. The standard InChI is InChI=1S/C17H19N4O3/c1-17(2)16(19-12-6-7-20(3)21(23)10-12)15(22)13-8-11(9-18)4-5-14(13)24-17/h4-8,10,15-16,19,22H,1-3H3/q+1/t15-,16-/m0/s1. The molecular formula is C17H19N4O3+. The summed E-state index contributed by atoms with van der Waals surface area (Å²) in [5.41, 5.74) is 0.872. The molecule has 7 nitrogen and oxygen atoms in total. The first-order valence-electron chi connectivity index (χ1n) is 7.58. The minimum absolute atomic E-state index is 0.457. The zero-order chi connectivity index (χ0) is 17.5. The van der Waals surface area contributed by atoms with Crippen LogP contribution in [0.3, 0.4) is 0 Å². The van der Waals surface area contributed by atoms with Gasteiger partial charge in [-0.3, -0.25) is 0 Å². The zero-order valence-corrected chi connectivity index (χ0v) is 13.7. The maximum atomic E-state index is 11.7. The van der Waals surface area contributed by atoms with Crippen LogP contribution in [0.25, 0.3) is 0 Å². The SMILES string of the molecule is Cn1ccc(N[C@H]2[C@@H](O)c3cc(C#N)ccc3OC2(C)C)c[n+]1=O. The first-order chi connectivity index (χ1) is 11.3. The van der Waals surface area contributed by atoms with E-state index in [1.54, 1.807) is 37.5 Å². The van der Waals surface area contributed by atoms with Gasteiger partial charge in [0, 0.05) is 5.56 Å².